The van der Waals surface area contributed by atoms with Gasteiger partial charge in [-0.05, 0) is 59.5 Å². The van der Waals surface area contributed by atoms with E-state index < -0.39 is 0 Å². The zero-order valence-corrected chi connectivity index (χ0v) is 14.0. The predicted octanol–water partition coefficient (Wildman–Crippen LogP) is 2.21. The van der Waals surface area contributed by atoms with Crippen LogP contribution in [0.5, 0.6) is 0 Å². The molecule has 0 amide bonds. The van der Waals surface area contributed by atoms with E-state index in [1.54, 1.807) is 0 Å². The molecule has 2 heterocycles. The number of hydrogen-bond acceptors (Lipinski definition) is 4. The summed E-state index contributed by atoms with van der Waals surface area (Å²) in [7, 11) is 3.67. The number of rotatable bonds is 5. The maximum atomic E-state index is 11.7. The summed E-state index contributed by atoms with van der Waals surface area (Å²) in [5.41, 5.74) is -0.380. The molecule has 0 aromatic carbocycles. The second-order valence-electron chi connectivity index (χ2n) is 6.87. The Morgan fingerprint density at radius 1 is 1.30 bits per heavy atom. The molecule has 2 saturated heterocycles. The van der Waals surface area contributed by atoms with Crippen molar-refractivity contribution >= 4 is 18.4 Å². The van der Waals surface area contributed by atoms with Gasteiger partial charge in [-0.15, -0.1) is 12.4 Å². The SMILES string of the molecule is COC(=O)C(C)(C)CCN(C)C1CC2CCC(C1)N2.Cl. The molecule has 0 aliphatic carbocycles. The van der Waals surface area contributed by atoms with Gasteiger partial charge in [0.1, 0.15) is 0 Å². The molecule has 2 bridgehead atoms. The third-order valence-corrected chi connectivity index (χ3v) is 4.90. The molecule has 0 saturated carbocycles. The van der Waals surface area contributed by atoms with Crippen molar-refractivity contribution in [1.29, 1.82) is 0 Å². The fraction of sp³-hybridized carbons (Fsp3) is 0.933. The molecule has 2 rings (SSSR count). The Morgan fingerprint density at radius 3 is 2.35 bits per heavy atom. The van der Waals surface area contributed by atoms with Crippen molar-refractivity contribution < 1.29 is 9.53 Å². The topological polar surface area (TPSA) is 41.6 Å². The second-order valence-corrected chi connectivity index (χ2v) is 6.87. The van der Waals surface area contributed by atoms with Crippen LogP contribution in [0.1, 0.15) is 46.0 Å². The lowest BCUT2D eigenvalue weighted by atomic mass is 9.88. The van der Waals surface area contributed by atoms with Crippen LogP contribution in [0, 0.1) is 5.41 Å². The summed E-state index contributed by atoms with van der Waals surface area (Å²) in [5.74, 6) is -0.105. The number of ether oxygens (including phenoxy) is 1. The minimum atomic E-state index is -0.380. The number of piperidine rings is 1. The van der Waals surface area contributed by atoms with Gasteiger partial charge in [-0.1, -0.05) is 0 Å². The van der Waals surface area contributed by atoms with Crippen molar-refractivity contribution in [2.75, 3.05) is 20.7 Å². The second kappa shape index (κ2) is 7.10. The minimum absolute atomic E-state index is 0. The summed E-state index contributed by atoms with van der Waals surface area (Å²) in [5, 5.41) is 3.67. The van der Waals surface area contributed by atoms with E-state index in [0.717, 1.165) is 25.0 Å². The van der Waals surface area contributed by atoms with Crippen molar-refractivity contribution in [3.63, 3.8) is 0 Å². The lowest BCUT2D eigenvalue weighted by Gasteiger charge is -2.36. The number of halogens is 1. The van der Waals surface area contributed by atoms with Crippen LogP contribution < -0.4 is 5.32 Å². The molecular weight excluding hydrogens is 276 g/mol. The molecule has 2 aliphatic heterocycles. The van der Waals surface area contributed by atoms with E-state index in [9.17, 15) is 4.79 Å². The Kier molecular flexibility index (Phi) is 6.29. The maximum absolute atomic E-state index is 11.7. The van der Waals surface area contributed by atoms with Crippen LogP contribution in [-0.2, 0) is 9.53 Å². The Morgan fingerprint density at radius 2 is 1.85 bits per heavy atom. The molecule has 0 radical (unpaired) electrons. The third kappa shape index (κ3) is 4.09. The van der Waals surface area contributed by atoms with E-state index >= 15 is 0 Å². The summed E-state index contributed by atoms with van der Waals surface area (Å²) in [6.07, 6.45) is 6.04. The smallest absolute Gasteiger partial charge is 0.311 e. The summed E-state index contributed by atoms with van der Waals surface area (Å²) in [6.45, 7) is 4.91. The predicted molar refractivity (Wildman–Crippen MR) is 83.3 cm³/mol. The van der Waals surface area contributed by atoms with Gasteiger partial charge in [0.15, 0.2) is 0 Å². The van der Waals surface area contributed by atoms with Crippen molar-refractivity contribution in [3.8, 4) is 0 Å². The highest BCUT2D eigenvalue weighted by Crippen LogP contribution is 2.30. The number of carbonyl (C=O) groups is 1. The average Bonchev–Trinajstić information content (AvgIpc) is 2.73. The van der Waals surface area contributed by atoms with Gasteiger partial charge in [-0.3, -0.25) is 4.79 Å². The molecule has 0 aromatic rings. The number of nitrogens with zero attached hydrogens (tertiary/aromatic N) is 1. The van der Waals surface area contributed by atoms with E-state index in [1.165, 1.54) is 32.8 Å². The van der Waals surface area contributed by atoms with Crippen LogP contribution in [-0.4, -0.2) is 49.7 Å². The van der Waals surface area contributed by atoms with Gasteiger partial charge < -0.3 is 15.0 Å². The molecule has 1 N–H and O–H groups in total. The largest absolute Gasteiger partial charge is 0.469 e. The molecule has 0 aromatic heterocycles. The highest BCUT2D eigenvalue weighted by atomic mass is 35.5. The molecular formula is C15H29ClN2O2. The van der Waals surface area contributed by atoms with E-state index in [1.807, 2.05) is 13.8 Å². The molecule has 4 nitrogen and oxygen atoms in total. The van der Waals surface area contributed by atoms with E-state index in [0.29, 0.717) is 6.04 Å². The number of carbonyl (C=O) groups excluding carboxylic acids is 1. The number of methoxy groups -OCH3 is 1. The molecule has 0 spiro atoms. The van der Waals surface area contributed by atoms with Gasteiger partial charge >= 0.3 is 5.97 Å². The number of hydrogen-bond donors (Lipinski definition) is 1. The number of fused-ring (bicyclic) bond motifs is 2. The van der Waals surface area contributed by atoms with Crippen LogP contribution in [0.25, 0.3) is 0 Å². The van der Waals surface area contributed by atoms with Gasteiger partial charge in [-0.2, -0.15) is 0 Å². The molecule has 5 heteroatoms. The van der Waals surface area contributed by atoms with Crippen molar-refractivity contribution in [1.82, 2.24) is 10.2 Å². The van der Waals surface area contributed by atoms with Crippen molar-refractivity contribution in [2.45, 2.75) is 64.1 Å². The summed E-state index contributed by atoms with van der Waals surface area (Å²) >= 11 is 0. The molecule has 2 fully saturated rings. The molecule has 20 heavy (non-hydrogen) atoms. The fourth-order valence-corrected chi connectivity index (χ4v) is 3.40. The monoisotopic (exact) mass is 304 g/mol. The van der Waals surface area contributed by atoms with E-state index in [4.69, 9.17) is 4.74 Å². The first-order valence-corrected chi connectivity index (χ1v) is 7.47. The first kappa shape index (κ1) is 17.7. The van der Waals surface area contributed by atoms with E-state index in [2.05, 4.69) is 17.3 Å². The van der Waals surface area contributed by atoms with Gasteiger partial charge in [0.05, 0.1) is 12.5 Å². The Hall–Kier alpha value is -0.320. The van der Waals surface area contributed by atoms with Crippen molar-refractivity contribution in [3.05, 3.63) is 0 Å². The average molecular weight is 305 g/mol. The van der Waals surface area contributed by atoms with Crippen molar-refractivity contribution in [2.24, 2.45) is 5.41 Å². The van der Waals surface area contributed by atoms with Gasteiger partial charge in [0.25, 0.3) is 0 Å². The highest BCUT2D eigenvalue weighted by molar-refractivity contribution is 5.85. The van der Waals surface area contributed by atoms with Crippen LogP contribution in [0.4, 0.5) is 0 Å². The Labute approximate surface area is 129 Å². The molecule has 2 unspecified atom stereocenters. The number of esters is 1. The lowest BCUT2D eigenvalue weighted by molar-refractivity contribution is -0.151. The zero-order chi connectivity index (χ0) is 14.0. The van der Waals surface area contributed by atoms with Crippen LogP contribution in [0.15, 0.2) is 0 Å². The first-order chi connectivity index (χ1) is 8.92. The molecule has 2 atom stereocenters. The summed E-state index contributed by atoms with van der Waals surface area (Å²) < 4.78 is 4.87. The van der Waals surface area contributed by atoms with Gasteiger partial charge in [0.2, 0.25) is 0 Å². The third-order valence-electron chi connectivity index (χ3n) is 4.90. The van der Waals surface area contributed by atoms with Crippen LogP contribution in [0.2, 0.25) is 0 Å². The Bertz CT molecular complexity index is 324. The highest BCUT2D eigenvalue weighted by Gasteiger charge is 2.36. The van der Waals surface area contributed by atoms with Crippen LogP contribution >= 0.6 is 12.4 Å². The molecule has 118 valence electrons. The normalized spacial score (nSPS) is 29.1. The summed E-state index contributed by atoms with van der Waals surface area (Å²) in [6, 6.07) is 2.12. The summed E-state index contributed by atoms with van der Waals surface area (Å²) in [4.78, 5) is 14.1. The molecule has 2 aliphatic rings. The van der Waals surface area contributed by atoms with E-state index in [-0.39, 0.29) is 23.8 Å². The zero-order valence-electron chi connectivity index (χ0n) is 13.1. The Balaban J connectivity index is 0.00000200. The number of nitrogens with one attached hydrogen (secondary N) is 1. The standard InChI is InChI=1S/C15H28N2O2.ClH/c1-15(2,14(18)19-4)7-8-17(3)13-9-11-5-6-12(10-13)16-11;/h11-13,16H,5-10H2,1-4H3;1H. The maximum Gasteiger partial charge on any atom is 0.311 e. The minimum Gasteiger partial charge on any atom is -0.469 e. The first-order valence-electron chi connectivity index (χ1n) is 7.47. The van der Waals surface area contributed by atoms with Gasteiger partial charge in [-0.25, -0.2) is 0 Å². The van der Waals surface area contributed by atoms with Crippen LogP contribution in [0.3, 0.4) is 0 Å². The fourth-order valence-electron chi connectivity index (χ4n) is 3.40. The quantitative estimate of drug-likeness (QED) is 0.791. The lowest BCUT2D eigenvalue weighted by Crippen LogP contribution is -2.47. The van der Waals surface area contributed by atoms with Gasteiger partial charge in [0, 0.05) is 18.1 Å².